The molecule has 10 aromatic carbocycles. The smallest absolute Gasteiger partial charge is 0.159 e. The van der Waals surface area contributed by atoms with E-state index >= 15 is 0 Å². The Morgan fingerprint density at radius 2 is 0.918 bits per heavy atom. The summed E-state index contributed by atoms with van der Waals surface area (Å²) in [6.45, 7) is 0. The lowest BCUT2D eigenvalue weighted by molar-refractivity contribution is 0.669. The number of hydrogen-bond acceptors (Lipinski definition) is 2. The fraction of sp³-hybridized carbons (Fsp3) is 0. The van der Waals surface area contributed by atoms with Crippen molar-refractivity contribution in [1.29, 1.82) is 0 Å². The second kappa shape index (κ2) is 14.3. The molecule has 0 radical (unpaired) electrons. The minimum Gasteiger partial charge on any atom is -0.454 e. The highest BCUT2D eigenvalue weighted by molar-refractivity contribution is 6.11. The molecule has 0 aliphatic rings. The van der Waals surface area contributed by atoms with Gasteiger partial charge in [0, 0.05) is 38.5 Å². The molecule has 0 saturated carbocycles. The Kier molecular flexibility index (Phi) is 8.17. The number of furan rings is 1. The van der Waals surface area contributed by atoms with E-state index < -0.39 is 0 Å². The summed E-state index contributed by atoms with van der Waals surface area (Å²) in [5.41, 5.74) is 15.4. The van der Waals surface area contributed by atoms with Crippen molar-refractivity contribution in [2.75, 3.05) is 4.90 Å². The summed E-state index contributed by atoms with van der Waals surface area (Å²) >= 11 is 0. The summed E-state index contributed by atoms with van der Waals surface area (Å²) in [6.07, 6.45) is 0. The summed E-state index contributed by atoms with van der Waals surface area (Å²) in [5, 5.41) is 7.18. The van der Waals surface area contributed by atoms with Crippen molar-refractivity contribution in [3.8, 4) is 39.1 Å². The Balaban J connectivity index is 0.973. The highest BCUT2D eigenvalue weighted by Gasteiger charge is 2.21. The average Bonchev–Trinajstić information content (AvgIpc) is 3.88. The van der Waals surface area contributed by atoms with Crippen molar-refractivity contribution in [3.63, 3.8) is 0 Å². The molecule has 2 aromatic heterocycles. The van der Waals surface area contributed by atoms with E-state index in [-0.39, 0.29) is 0 Å². The Morgan fingerprint density at radius 3 is 1.74 bits per heavy atom. The van der Waals surface area contributed by atoms with Crippen molar-refractivity contribution in [3.05, 3.63) is 231 Å². The second-order valence-corrected chi connectivity index (χ2v) is 15.7. The van der Waals surface area contributed by atoms with Gasteiger partial charge in [0.05, 0.1) is 22.4 Å². The van der Waals surface area contributed by atoms with Crippen molar-refractivity contribution in [2.24, 2.45) is 0 Å². The van der Waals surface area contributed by atoms with E-state index in [1.54, 1.807) is 0 Å². The standard InChI is InChI=1S/C58H38N2O/c1-2-21-46-40(15-1)16-13-26-47(46)43-19-12-20-45(38-43)59(56-31-14-27-52-51-25-6-10-32-57(51)61-58(52)56)44-35-33-39(34-36-44)41-17-11-18-42(37-41)48-22-3-7-28-53(48)60-54-29-8-4-23-49(54)50-24-5-9-30-55(50)60/h1-38H. The van der Waals surface area contributed by atoms with E-state index in [1.807, 2.05) is 6.07 Å². The molecule has 0 spiro atoms. The van der Waals surface area contributed by atoms with Crippen LogP contribution in [0, 0.1) is 0 Å². The molecule has 0 bridgehead atoms. The van der Waals surface area contributed by atoms with Crippen LogP contribution in [0.2, 0.25) is 0 Å². The molecule has 0 aliphatic carbocycles. The van der Waals surface area contributed by atoms with Crippen LogP contribution in [0.1, 0.15) is 0 Å². The van der Waals surface area contributed by atoms with Crippen LogP contribution in [0.25, 0.3) is 93.6 Å². The van der Waals surface area contributed by atoms with Gasteiger partial charge in [0.2, 0.25) is 0 Å². The number of hydrogen-bond donors (Lipinski definition) is 0. The van der Waals surface area contributed by atoms with E-state index in [4.69, 9.17) is 4.42 Å². The fourth-order valence-corrected chi connectivity index (χ4v) is 9.39. The Hall–Kier alpha value is -8.14. The van der Waals surface area contributed by atoms with Crippen LogP contribution in [0.5, 0.6) is 0 Å². The van der Waals surface area contributed by atoms with Crippen molar-refractivity contribution in [2.45, 2.75) is 0 Å². The van der Waals surface area contributed by atoms with Crippen molar-refractivity contribution in [1.82, 2.24) is 4.57 Å². The lowest BCUT2D eigenvalue weighted by atomic mass is 9.97. The van der Waals surface area contributed by atoms with Crippen LogP contribution >= 0.6 is 0 Å². The molecule has 0 unspecified atom stereocenters. The first-order chi connectivity index (χ1) is 30.3. The molecular formula is C58H38N2O. The minimum atomic E-state index is 0.859. The predicted octanol–water partition coefficient (Wildman–Crippen LogP) is 16.3. The van der Waals surface area contributed by atoms with Crippen molar-refractivity contribution < 1.29 is 4.42 Å². The Morgan fingerprint density at radius 1 is 0.344 bits per heavy atom. The minimum absolute atomic E-state index is 0.859. The van der Waals surface area contributed by atoms with Gasteiger partial charge in [-0.05, 0) is 99.3 Å². The zero-order valence-corrected chi connectivity index (χ0v) is 33.2. The lowest BCUT2D eigenvalue weighted by Crippen LogP contribution is -2.10. The van der Waals surface area contributed by atoms with E-state index in [0.717, 1.165) is 61.4 Å². The van der Waals surface area contributed by atoms with Gasteiger partial charge in [-0.2, -0.15) is 0 Å². The number of para-hydroxylation sites is 5. The topological polar surface area (TPSA) is 21.3 Å². The molecule has 12 rings (SSSR count). The van der Waals surface area contributed by atoms with Gasteiger partial charge < -0.3 is 13.9 Å². The van der Waals surface area contributed by atoms with E-state index in [2.05, 4.69) is 234 Å². The molecule has 2 heterocycles. The number of anilines is 3. The molecule has 0 atom stereocenters. The zero-order valence-electron chi connectivity index (χ0n) is 33.2. The van der Waals surface area contributed by atoms with Gasteiger partial charge in [0.25, 0.3) is 0 Å². The van der Waals surface area contributed by atoms with E-state index in [1.165, 1.54) is 49.3 Å². The maximum atomic E-state index is 6.67. The molecule has 0 aliphatic heterocycles. The molecular weight excluding hydrogens is 741 g/mol. The SMILES string of the molecule is c1cc(-c2ccc(N(c3cccc(-c4cccc5ccccc45)c3)c3cccc4c3oc3ccccc34)cc2)cc(-c2ccccc2-n2c3ccccc3c3ccccc32)c1. The largest absolute Gasteiger partial charge is 0.454 e. The average molecular weight is 779 g/mol. The molecule has 61 heavy (non-hydrogen) atoms. The third-order valence-corrected chi connectivity index (χ3v) is 12.2. The summed E-state index contributed by atoms with van der Waals surface area (Å²) < 4.78 is 9.08. The molecule has 0 amide bonds. The molecule has 286 valence electrons. The lowest BCUT2D eigenvalue weighted by Gasteiger charge is -2.26. The summed E-state index contributed by atoms with van der Waals surface area (Å²) in [6, 6.07) is 82.8. The quantitative estimate of drug-likeness (QED) is 0.161. The third-order valence-electron chi connectivity index (χ3n) is 12.2. The van der Waals surface area contributed by atoms with Gasteiger partial charge >= 0.3 is 0 Å². The number of nitrogens with zero attached hydrogens (tertiary/aromatic N) is 2. The van der Waals surface area contributed by atoms with Gasteiger partial charge in [-0.15, -0.1) is 0 Å². The van der Waals surface area contributed by atoms with Gasteiger partial charge in [-0.3, -0.25) is 0 Å². The maximum Gasteiger partial charge on any atom is 0.159 e. The zero-order chi connectivity index (χ0) is 40.3. The normalized spacial score (nSPS) is 11.6. The van der Waals surface area contributed by atoms with Crippen LogP contribution in [0.3, 0.4) is 0 Å². The summed E-state index contributed by atoms with van der Waals surface area (Å²) in [4.78, 5) is 2.33. The fourth-order valence-electron chi connectivity index (χ4n) is 9.39. The van der Waals surface area contributed by atoms with Crippen LogP contribution in [-0.2, 0) is 0 Å². The molecule has 12 aromatic rings. The molecule has 3 nitrogen and oxygen atoms in total. The third kappa shape index (κ3) is 5.82. The highest BCUT2D eigenvalue weighted by Crippen LogP contribution is 2.44. The number of rotatable bonds is 7. The summed E-state index contributed by atoms with van der Waals surface area (Å²) in [5.74, 6) is 0. The van der Waals surface area contributed by atoms with Crippen molar-refractivity contribution >= 4 is 71.6 Å². The van der Waals surface area contributed by atoms with Gasteiger partial charge in [0.1, 0.15) is 5.58 Å². The molecule has 3 heteroatoms. The second-order valence-electron chi connectivity index (χ2n) is 15.7. The maximum absolute atomic E-state index is 6.67. The van der Waals surface area contributed by atoms with Crippen LogP contribution in [0.15, 0.2) is 235 Å². The van der Waals surface area contributed by atoms with Crippen LogP contribution in [0.4, 0.5) is 17.1 Å². The van der Waals surface area contributed by atoms with Crippen LogP contribution < -0.4 is 4.90 Å². The first-order valence-corrected chi connectivity index (χ1v) is 20.8. The van der Waals surface area contributed by atoms with E-state index in [9.17, 15) is 0 Å². The summed E-state index contributed by atoms with van der Waals surface area (Å²) in [7, 11) is 0. The Labute approximate surface area is 353 Å². The van der Waals surface area contributed by atoms with Crippen LogP contribution in [-0.4, -0.2) is 4.57 Å². The first kappa shape index (κ1) is 34.9. The first-order valence-electron chi connectivity index (χ1n) is 20.8. The molecule has 0 fully saturated rings. The van der Waals surface area contributed by atoms with Gasteiger partial charge in [-0.25, -0.2) is 0 Å². The number of aromatic nitrogens is 1. The predicted molar refractivity (Wildman–Crippen MR) is 257 cm³/mol. The van der Waals surface area contributed by atoms with E-state index in [0.29, 0.717) is 0 Å². The Bertz CT molecular complexity index is 3550. The number of benzene rings is 10. The monoisotopic (exact) mass is 778 g/mol. The number of fused-ring (bicyclic) bond motifs is 7. The van der Waals surface area contributed by atoms with Gasteiger partial charge in [-0.1, -0.05) is 170 Å². The molecule has 0 saturated heterocycles. The molecule has 0 N–H and O–H groups in total. The highest BCUT2D eigenvalue weighted by atomic mass is 16.3. The van der Waals surface area contributed by atoms with Gasteiger partial charge in [0.15, 0.2) is 5.58 Å².